The summed E-state index contributed by atoms with van der Waals surface area (Å²) in [6, 6.07) is 3.63. The first-order valence-corrected chi connectivity index (χ1v) is 11.5. The molecule has 2 aromatic rings. The van der Waals surface area contributed by atoms with Crippen LogP contribution in [0.2, 0.25) is 0 Å². The van der Waals surface area contributed by atoms with E-state index in [1.165, 1.54) is 16.7 Å². The minimum Gasteiger partial charge on any atom is -0.364 e. The minimum absolute atomic E-state index is 0.103. The SMILES string of the molecule is CCc1nc(C(=O)NCC2CCC(C)CC2)c(C(N)=O)n1-c1ccc(CCC(F)(F)F)cc1F. The molecule has 2 amide bonds. The molecule has 1 aromatic heterocycles. The number of rotatable bonds is 8. The van der Waals surface area contributed by atoms with Crippen molar-refractivity contribution < 1.29 is 27.2 Å². The van der Waals surface area contributed by atoms with Gasteiger partial charge in [-0.25, -0.2) is 9.37 Å². The monoisotopic (exact) mass is 482 g/mol. The summed E-state index contributed by atoms with van der Waals surface area (Å²) in [5, 5.41) is 2.83. The number of nitrogens with one attached hydrogen (secondary N) is 1. The largest absolute Gasteiger partial charge is 0.389 e. The number of hydrogen-bond donors (Lipinski definition) is 2. The molecule has 0 unspecified atom stereocenters. The van der Waals surface area contributed by atoms with Crippen LogP contribution in [0.3, 0.4) is 0 Å². The number of hydrogen-bond acceptors (Lipinski definition) is 3. The number of aromatic nitrogens is 2. The van der Waals surface area contributed by atoms with Crippen LogP contribution in [-0.4, -0.2) is 34.1 Å². The lowest BCUT2D eigenvalue weighted by atomic mass is 9.83. The maximum Gasteiger partial charge on any atom is 0.389 e. The van der Waals surface area contributed by atoms with Gasteiger partial charge in [0.1, 0.15) is 17.3 Å². The van der Waals surface area contributed by atoms with Crippen molar-refractivity contribution >= 4 is 11.8 Å². The molecule has 3 rings (SSSR count). The third kappa shape index (κ3) is 6.15. The molecule has 0 bridgehead atoms. The molecule has 1 aliphatic rings. The van der Waals surface area contributed by atoms with Gasteiger partial charge in [0.05, 0.1) is 5.69 Å². The number of carbonyl (C=O) groups excluding carboxylic acids is 2. The molecule has 1 aliphatic carbocycles. The van der Waals surface area contributed by atoms with Gasteiger partial charge in [-0.15, -0.1) is 0 Å². The average Bonchev–Trinajstić information content (AvgIpc) is 3.16. The first-order chi connectivity index (χ1) is 16.0. The van der Waals surface area contributed by atoms with E-state index in [-0.39, 0.29) is 41.3 Å². The van der Waals surface area contributed by atoms with E-state index in [1.54, 1.807) is 6.92 Å². The van der Waals surface area contributed by atoms with Gasteiger partial charge in [-0.05, 0) is 48.8 Å². The molecular formula is C24H30F4N4O2. The molecule has 10 heteroatoms. The fourth-order valence-corrected chi connectivity index (χ4v) is 4.38. The van der Waals surface area contributed by atoms with E-state index >= 15 is 0 Å². The number of nitrogens with two attached hydrogens (primary N) is 1. The molecule has 186 valence electrons. The zero-order chi connectivity index (χ0) is 25.0. The average molecular weight is 483 g/mol. The summed E-state index contributed by atoms with van der Waals surface area (Å²) in [5.74, 6) is -1.10. The number of alkyl halides is 3. The highest BCUT2D eigenvalue weighted by Gasteiger charge is 2.29. The van der Waals surface area contributed by atoms with Crippen molar-refractivity contribution in [2.24, 2.45) is 17.6 Å². The first-order valence-electron chi connectivity index (χ1n) is 11.5. The summed E-state index contributed by atoms with van der Waals surface area (Å²) < 4.78 is 53.7. The minimum atomic E-state index is -4.36. The number of benzene rings is 1. The van der Waals surface area contributed by atoms with Crippen LogP contribution in [0.5, 0.6) is 0 Å². The van der Waals surface area contributed by atoms with Crippen molar-refractivity contribution in [1.82, 2.24) is 14.9 Å². The molecule has 0 saturated heterocycles. The fourth-order valence-electron chi connectivity index (χ4n) is 4.38. The number of imidazole rings is 1. The second-order valence-electron chi connectivity index (χ2n) is 9.02. The third-order valence-corrected chi connectivity index (χ3v) is 6.35. The van der Waals surface area contributed by atoms with E-state index in [1.807, 2.05) is 0 Å². The lowest BCUT2D eigenvalue weighted by Crippen LogP contribution is -2.33. The van der Waals surface area contributed by atoms with Gasteiger partial charge in [0.15, 0.2) is 5.69 Å². The molecule has 0 spiro atoms. The maximum absolute atomic E-state index is 15.0. The van der Waals surface area contributed by atoms with Gasteiger partial charge < -0.3 is 11.1 Å². The standard InChI is InChI=1S/C24H30F4N4O2/c1-3-19-31-20(23(34)30-13-16-6-4-14(2)5-7-16)21(22(29)33)32(19)18-9-8-15(12-17(18)25)10-11-24(26,27)28/h8-9,12,14,16H,3-7,10-11,13H2,1-2H3,(H2,29,33)(H,30,34). The van der Waals surface area contributed by atoms with Crippen LogP contribution < -0.4 is 11.1 Å². The van der Waals surface area contributed by atoms with Gasteiger partial charge in [-0.1, -0.05) is 32.8 Å². The van der Waals surface area contributed by atoms with E-state index in [9.17, 15) is 27.2 Å². The number of primary amides is 1. The van der Waals surface area contributed by atoms with Crippen LogP contribution in [-0.2, 0) is 12.8 Å². The molecule has 6 nitrogen and oxygen atoms in total. The molecule has 0 atom stereocenters. The molecule has 0 aliphatic heterocycles. The van der Waals surface area contributed by atoms with Crippen molar-refractivity contribution in [3.63, 3.8) is 0 Å². The van der Waals surface area contributed by atoms with Crippen LogP contribution in [0.4, 0.5) is 17.6 Å². The van der Waals surface area contributed by atoms with Gasteiger partial charge in [-0.2, -0.15) is 13.2 Å². The number of amides is 2. The predicted octanol–water partition coefficient (Wildman–Crippen LogP) is 4.72. The highest BCUT2D eigenvalue weighted by molar-refractivity contribution is 6.05. The van der Waals surface area contributed by atoms with Gasteiger partial charge in [-0.3, -0.25) is 14.2 Å². The third-order valence-electron chi connectivity index (χ3n) is 6.35. The Morgan fingerprint density at radius 2 is 1.88 bits per heavy atom. The highest BCUT2D eigenvalue weighted by atomic mass is 19.4. The molecule has 1 heterocycles. The van der Waals surface area contributed by atoms with Crippen LogP contribution in [0.15, 0.2) is 18.2 Å². The predicted molar refractivity (Wildman–Crippen MR) is 119 cm³/mol. The van der Waals surface area contributed by atoms with Crippen molar-refractivity contribution in [1.29, 1.82) is 0 Å². The Bertz CT molecular complexity index is 1040. The van der Waals surface area contributed by atoms with E-state index in [4.69, 9.17) is 5.73 Å². The molecule has 34 heavy (non-hydrogen) atoms. The summed E-state index contributed by atoms with van der Waals surface area (Å²) in [6.07, 6.45) is -1.33. The van der Waals surface area contributed by atoms with Crippen LogP contribution in [0, 0.1) is 17.7 Å². The van der Waals surface area contributed by atoms with Gasteiger partial charge in [0.2, 0.25) is 0 Å². The van der Waals surface area contributed by atoms with E-state index in [0.717, 1.165) is 31.7 Å². The van der Waals surface area contributed by atoms with E-state index in [0.29, 0.717) is 18.4 Å². The number of halogens is 4. The summed E-state index contributed by atoms with van der Waals surface area (Å²) in [5.41, 5.74) is 5.18. The molecular weight excluding hydrogens is 452 g/mol. The van der Waals surface area contributed by atoms with E-state index in [2.05, 4.69) is 17.2 Å². The zero-order valence-electron chi connectivity index (χ0n) is 19.3. The summed E-state index contributed by atoms with van der Waals surface area (Å²) in [4.78, 5) is 29.5. The quantitative estimate of drug-likeness (QED) is 0.534. The second kappa shape index (κ2) is 10.6. The Hall–Kier alpha value is -2.91. The smallest absolute Gasteiger partial charge is 0.364 e. The van der Waals surface area contributed by atoms with Crippen molar-refractivity contribution in [2.75, 3.05) is 6.54 Å². The van der Waals surface area contributed by atoms with Crippen LogP contribution in [0.25, 0.3) is 5.69 Å². The molecule has 1 fully saturated rings. The summed E-state index contributed by atoms with van der Waals surface area (Å²) >= 11 is 0. The lowest BCUT2D eigenvalue weighted by molar-refractivity contribution is -0.134. The number of aryl methyl sites for hydroxylation is 2. The van der Waals surface area contributed by atoms with Gasteiger partial charge in [0.25, 0.3) is 11.8 Å². The Morgan fingerprint density at radius 3 is 2.44 bits per heavy atom. The summed E-state index contributed by atoms with van der Waals surface area (Å²) in [7, 11) is 0. The Morgan fingerprint density at radius 1 is 1.21 bits per heavy atom. The zero-order valence-corrected chi connectivity index (χ0v) is 19.3. The normalized spacial score (nSPS) is 18.6. The Kier molecular flexibility index (Phi) is 7.99. The van der Waals surface area contributed by atoms with Gasteiger partial charge >= 0.3 is 6.18 Å². The van der Waals surface area contributed by atoms with Gasteiger partial charge in [0, 0.05) is 19.4 Å². The first kappa shape index (κ1) is 25.7. The maximum atomic E-state index is 15.0. The number of nitrogens with zero attached hydrogens (tertiary/aromatic N) is 2. The molecule has 0 radical (unpaired) electrons. The number of carbonyl (C=O) groups is 2. The topological polar surface area (TPSA) is 90.0 Å². The fraction of sp³-hybridized carbons (Fsp3) is 0.542. The van der Waals surface area contributed by atoms with Crippen LogP contribution in [0.1, 0.15) is 78.3 Å². The summed E-state index contributed by atoms with van der Waals surface area (Å²) in [6.45, 7) is 4.37. The highest BCUT2D eigenvalue weighted by Crippen LogP contribution is 2.28. The second-order valence-corrected chi connectivity index (χ2v) is 9.02. The van der Waals surface area contributed by atoms with E-state index < -0.39 is 30.2 Å². The van der Waals surface area contributed by atoms with Crippen molar-refractivity contribution in [2.45, 2.75) is 65.0 Å². The molecule has 3 N–H and O–H groups in total. The lowest BCUT2D eigenvalue weighted by Gasteiger charge is -2.26. The van der Waals surface area contributed by atoms with Crippen molar-refractivity contribution in [3.8, 4) is 5.69 Å². The molecule has 1 aromatic carbocycles. The Labute approximate surface area is 195 Å². The van der Waals surface area contributed by atoms with Crippen LogP contribution >= 0.6 is 0 Å². The molecule has 1 saturated carbocycles. The Balaban J connectivity index is 1.88. The van der Waals surface area contributed by atoms with Crippen molar-refractivity contribution in [3.05, 3.63) is 46.8 Å².